The molecule has 1 aromatic heterocycles. The Morgan fingerprint density at radius 1 is 1.55 bits per heavy atom. The quantitative estimate of drug-likeness (QED) is 0.613. The van der Waals surface area contributed by atoms with Crippen LogP contribution in [0, 0.1) is 0 Å². The largest absolute Gasteiger partial charge is 0.364 e. The Balaban J connectivity index is 2.16. The summed E-state index contributed by atoms with van der Waals surface area (Å²) in [4.78, 5) is 4.32. The Hall–Kier alpha value is -1.12. The smallest absolute Gasteiger partial charge is 0.124 e. The number of aromatic nitrogens is 1. The highest BCUT2D eigenvalue weighted by molar-refractivity contribution is 5.58. The zero-order valence-electron chi connectivity index (χ0n) is 6.23. The maximum atomic E-state index is 4.74. The minimum Gasteiger partial charge on any atom is -0.364 e. The predicted molar refractivity (Wildman–Crippen MR) is 41.6 cm³/mol. The van der Waals surface area contributed by atoms with E-state index in [4.69, 9.17) is 4.52 Å². The fraction of sp³-hybridized carbons (Fsp3) is 0.500. The van der Waals surface area contributed by atoms with Crippen LogP contribution in [0.25, 0.3) is 0 Å². The molecule has 11 heavy (non-hydrogen) atoms. The van der Waals surface area contributed by atoms with Gasteiger partial charge in [0.2, 0.25) is 0 Å². The van der Waals surface area contributed by atoms with Crippen LogP contribution in [0.15, 0.2) is 21.8 Å². The number of nitrogens with zero attached hydrogens (tertiary/aromatic N) is 2. The average Bonchev–Trinajstić information content (AvgIpc) is 2.58. The van der Waals surface area contributed by atoms with Crippen molar-refractivity contribution in [1.82, 2.24) is 5.16 Å². The van der Waals surface area contributed by atoms with Crippen molar-refractivity contribution in [3.8, 4) is 0 Å². The molecule has 0 aliphatic carbocycles. The third-order valence-electron chi connectivity index (χ3n) is 1.90. The van der Waals surface area contributed by atoms with Crippen molar-refractivity contribution in [2.75, 3.05) is 0 Å². The van der Waals surface area contributed by atoms with Crippen molar-refractivity contribution in [2.24, 2.45) is 4.99 Å². The van der Waals surface area contributed by atoms with E-state index in [1.54, 1.807) is 6.26 Å². The monoisotopic (exact) mass is 150 g/mol. The van der Waals surface area contributed by atoms with Crippen LogP contribution in [0.4, 0.5) is 0 Å². The molecule has 2 rings (SSSR count). The third-order valence-corrected chi connectivity index (χ3v) is 1.90. The Morgan fingerprint density at radius 2 is 2.55 bits per heavy atom. The molecule has 1 aliphatic heterocycles. The van der Waals surface area contributed by atoms with Crippen LogP contribution in [-0.2, 0) is 0 Å². The van der Waals surface area contributed by atoms with E-state index >= 15 is 0 Å². The van der Waals surface area contributed by atoms with Crippen molar-refractivity contribution in [1.29, 1.82) is 0 Å². The zero-order chi connectivity index (χ0) is 7.52. The fourth-order valence-electron chi connectivity index (χ4n) is 1.30. The van der Waals surface area contributed by atoms with Gasteiger partial charge in [0.05, 0.1) is 6.04 Å². The van der Waals surface area contributed by atoms with E-state index in [9.17, 15) is 0 Å². The molecule has 1 unspecified atom stereocenters. The van der Waals surface area contributed by atoms with Crippen LogP contribution in [0.3, 0.4) is 0 Å². The molecule has 0 spiro atoms. The summed E-state index contributed by atoms with van der Waals surface area (Å²) in [5.74, 6) is 0. The molecule has 0 N–H and O–H groups in total. The normalized spacial score (nSPS) is 23.8. The lowest BCUT2D eigenvalue weighted by Gasteiger charge is -2.11. The Kier molecular flexibility index (Phi) is 1.71. The summed E-state index contributed by atoms with van der Waals surface area (Å²) in [6.07, 6.45) is 6.99. The molecule has 0 radical (unpaired) electrons. The van der Waals surface area contributed by atoms with Crippen molar-refractivity contribution >= 4 is 6.21 Å². The summed E-state index contributed by atoms with van der Waals surface area (Å²) < 4.78 is 4.74. The van der Waals surface area contributed by atoms with Gasteiger partial charge in [-0.2, -0.15) is 0 Å². The molecule has 0 bridgehead atoms. The van der Waals surface area contributed by atoms with E-state index in [1.165, 1.54) is 6.42 Å². The van der Waals surface area contributed by atoms with Crippen LogP contribution >= 0.6 is 0 Å². The van der Waals surface area contributed by atoms with Gasteiger partial charge in [0, 0.05) is 6.07 Å². The first kappa shape index (κ1) is 6.58. The lowest BCUT2D eigenvalue weighted by atomic mass is 10.1. The van der Waals surface area contributed by atoms with Gasteiger partial charge in [-0.25, -0.2) is 0 Å². The van der Waals surface area contributed by atoms with Gasteiger partial charge in [0.1, 0.15) is 12.0 Å². The average molecular weight is 150 g/mol. The molecular formula is C8H10N2O. The van der Waals surface area contributed by atoms with E-state index in [0.29, 0.717) is 0 Å². The van der Waals surface area contributed by atoms with Crippen molar-refractivity contribution < 1.29 is 4.52 Å². The van der Waals surface area contributed by atoms with Gasteiger partial charge < -0.3 is 4.52 Å². The standard InChI is InChI=1S/C8H10N2O/c1-2-5-9-7(3-1)8-4-6-11-10-8/h4-7H,1-3H2. The van der Waals surface area contributed by atoms with Crippen LogP contribution in [0.5, 0.6) is 0 Å². The number of rotatable bonds is 1. The molecule has 1 aliphatic rings. The zero-order valence-corrected chi connectivity index (χ0v) is 6.23. The number of hydrogen-bond donors (Lipinski definition) is 0. The highest BCUT2D eigenvalue weighted by Gasteiger charge is 2.13. The second-order valence-electron chi connectivity index (χ2n) is 2.70. The number of aliphatic imine (C=N–C) groups is 1. The molecule has 1 atom stereocenters. The molecule has 58 valence electrons. The lowest BCUT2D eigenvalue weighted by molar-refractivity contribution is 0.401. The Bertz CT molecular complexity index is 241. The highest BCUT2D eigenvalue weighted by Crippen LogP contribution is 2.24. The minimum atomic E-state index is 0.252. The van der Waals surface area contributed by atoms with Gasteiger partial charge in [-0.05, 0) is 25.5 Å². The lowest BCUT2D eigenvalue weighted by Crippen LogP contribution is -2.01. The molecule has 0 fully saturated rings. The fourth-order valence-corrected chi connectivity index (χ4v) is 1.30. The van der Waals surface area contributed by atoms with Crippen molar-refractivity contribution in [3.63, 3.8) is 0 Å². The third kappa shape index (κ3) is 1.31. The Morgan fingerprint density at radius 3 is 3.18 bits per heavy atom. The van der Waals surface area contributed by atoms with Crippen molar-refractivity contribution in [2.45, 2.75) is 25.3 Å². The van der Waals surface area contributed by atoms with E-state index in [1.807, 2.05) is 12.3 Å². The molecule has 2 heterocycles. The maximum Gasteiger partial charge on any atom is 0.124 e. The van der Waals surface area contributed by atoms with Gasteiger partial charge in [-0.15, -0.1) is 0 Å². The first-order valence-electron chi connectivity index (χ1n) is 3.89. The van der Waals surface area contributed by atoms with Gasteiger partial charge in [-0.1, -0.05) is 5.16 Å². The summed E-state index contributed by atoms with van der Waals surface area (Å²) in [6, 6.07) is 2.13. The van der Waals surface area contributed by atoms with Gasteiger partial charge >= 0.3 is 0 Å². The van der Waals surface area contributed by atoms with E-state index < -0.39 is 0 Å². The van der Waals surface area contributed by atoms with E-state index in [2.05, 4.69) is 10.1 Å². The molecule has 0 saturated carbocycles. The Labute approximate surface area is 65.1 Å². The second-order valence-corrected chi connectivity index (χ2v) is 2.70. The topological polar surface area (TPSA) is 38.4 Å². The van der Waals surface area contributed by atoms with Crippen LogP contribution < -0.4 is 0 Å². The second kappa shape index (κ2) is 2.86. The summed E-state index contributed by atoms with van der Waals surface area (Å²) in [5, 5.41) is 3.85. The van der Waals surface area contributed by atoms with Crippen LogP contribution in [0.2, 0.25) is 0 Å². The van der Waals surface area contributed by atoms with Crippen LogP contribution in [-0.4, -0.2) is 11.4 Å². The van der Waals surface area contributed by atoms with Gasteiger partial charge in [-0.3, -0.25) is 4.99 Å². The maximum absolute atomic E-state index is 4.74. The molecule has 0 saturated heterocycles. The summed E-state index contributed by atoms with van der Waals surface area (Å²) in [5.41, 5.74) is 0.959. The minimum absolute atomic E-state index is 0.252. The molecule has 3 nitrogen and oxygen atoms in total. The number of hydrogen-bond acceptors (Lipinski definition) is 3. The highest BCUT2D eigenvalue weighted by atomic mass is 16.5. The molecule has 3 heteroatoms. The molecule has 0 aromatic carbocycles. The molecule has 1 aromatic rings. The van der Waals surface area contributed by atoms with E-state index in [-0.39, 0.29) is 6.04 Å². The van der Waals surface area contributed by atoms with E-state index in [0.717, 1.165) is 18.5 Å². The molecular weight excluding hydrogens is 140 g/mol. The van der Waals surface area contributed by atoms with Crippen molar-refractivity contribution in [3.05, 3.63) is 18.0 Å². The van der Waals surface area contributed by atoms with Crippen LogP contribution in [0.1, 0.15) is 31.0 Å². The predicted octanol–water partition coefficient (Wildman–Crippen LogP) is 1.97. The first-order valence-corrected chi connectivity index (χ1v) is 3.89. The summed E-state index contributed by atoms with van der Waals surface area (Å²) >= 11 is 0. The summed E-state index contributed by atoms with van der Waals surface area (Å²) in [6.45, 7) is 0. The van der Waals surface area contributed by atoms with Gasteiger partial charge in [0.25, 0.3) is 0 Å². The molecule has 0 amide bonds. The van der Waals surface area contributed by atoms with Gasteiger partial charge in [0.15, 0.2) is 0 Å². The SMILES string of the molecule is C1=NC(c2ccon2)CCC1. The summed E-state index contributed by atoms with van der Waals surface area (Å²) in [7, 11) is 0. The first-order chi connectivity index (χ1) is 5.47.